The summed E-state index contributed by atoms with van der Waals surface area (Å²) in [6, 6.07) is 32.3. The molecule has 4 aromatic carbocycles. The van der Waals surface area contributed by atoms with Crippen molar-refractivity contribution < 1.29 is 19.4 Å². The number of ether oxygens (including phenoxy) is 1. The van der Waals surface area contributed by atoms with E-state index in [9.17, 15) is 14.7 Å². The molecule has 5 aromatic rings. The van der Waals surface area contributed by atoms with E-state index in [1.165, 1.54) is 0 Å². The van der Waals surface area contributed by atoms with Crippen molar-refractivity contribution in [2.24, 2.45) is 0 Å². The summed E-state index contributed by atoms with van der Waals surface area (Å²) in [6.07, 6.45) is 1.94. The molecule has 0 aliphatic carbocycles. The van der Waals surface area contributed by atoms with Crippen molar-refractivity contribution in [3.63, 3.8) is 0 Å². The first-order valence-electron chi connectivity index (χ1n) is 14.5. The molecular weight excluding hydrogens is 538 g/mol. The van der Waals surface area contributed by atoms with Gasteiger partial charge in [0.15, 0.2) is 5.75 Å². The van der Waals surface area contributed by atoms with E-state index >= 15 is 0 Å². The number of aromatic nitrogens is 1. The van der Waals surface area contributed by atoms with Gasteiger partial charge >= 0.3 is 0 Å². The molecule has 0 aliphatic heterocycles. The van der Waals surface area contributed by atoms with Crippen LogP contribution in [0, 0.1) is 0 Å². The van der Waals surface area contributed by atoms with Crippen LogP contribution in [0.25, 0.3) is 22.2 Å². The molecule has 0 saturated heterocycles. The lowest BCUT2D eigenvalue weighted by molar-refractivity contribution is -0.120. The smallest absolute Gasteiger partial charge is 0.260 e. The van der Waals surface area contributed by atoms with Gasteiger partial charge in [-0.25, -0.2) is 4.98 Å². The number of aliphatic hydroxyl groups is 1. The average Bonchev–Trinajstić information content (AvgIpc) is 3.04. The van der Waals surface area contributed by atoms with Crippen LogP contribution < -0.4 is 15.4 Å². The Morgan fingerprint density at radius 3 is 2.26 bits per heavy atom. The number of para-hydroxylation sites is 2. The second-order valence-electron chi connectivity index (χ2n) is 10.2. The topological polar surface area (TPSA) is 101 Å². The van der Waals surface area contributed by atoms with Gasteiger partial charge in [-0.05, 0) is 35.2 Å². The molecule has 0 radical (unpaired) electrons. The first-order chi connectivity index (χ1) is 21.1. The predicted molar refractivity (Wildman–Crippen MR) is 170 cm³/mol. The number of aryl methyl sites for hydroxylation is 1. The summed E-state index contributed by atoms with van der Waals surface area (Å²) in [5, 5.41) is 16.3. The maximum atomic E-state index is 14.1. The van der Waals surface area contributed by atoms with Crippen LogP contribution in [0.4, 0.5) is 5.69 Å². The first kappa shape index (κ1) is 29.5. The summed E-state index contributed by atoms with van der Waals surface area (Å²) in [4.78, 5) is 31.7. The van der Waals surface area contributed by atoms with Gasteiger partial charge < -0.3 is 20.5 Å². The van der Waals surface area contributed by atoms with Crippen molar-refractivity contribution in [2.75, 3.05) is 18.5 Å². The minimum absolute atomic E-state index is 0.125. The number of carbonyl (C=O) groups excluding carboxylic acids is 2. The fourth-order valence-electron chi connectivity index (χ4n) is 5.13. The van der Waals surface area contributed by atoms with Crippen molar-refractivity contribution in [2.45, 2.75) is 32.8 Å². The molecule has 7 heteroatoms. The molecule has 7 nitrogen and oxygen atoms in total. The lowest BCUT2D eigenvalue weighted by atomic mass is 10.0. The van der Waals surface area contributed by atoms with Crippen LogP contribution in [-0.4, -0.2) is 35.1 Å². The van der Waals surface area contributed by atoms with Crippen molar-refractivity contribution in [1.82, 2.24) is 10.3 Å². The van der Waals surface area contributed by atoms with E-state index in [0.717, 1.165) is 40.8 Å². The number of nitrogens with zero attached hydrogens (tertiary/aromatic N) is 1. The zero-order valence-corrected chi connectivity index (χ0v) is 24.2. The molecular formula is C36H35N3O4. The third kappa shape index (κ3) is 7.08. The highest BCUT2D eigenvalue weighted by atomic mass is 16.5. The molecule has 1 aromatic heterocycles. The Labute approximate surface area is 251 Å². The van der Waals surface area contributed by atoms with Crippen LogP contribution in [0.3, 0.4) is 0 Å². The Bertz CT molecular complexity index is 1720. The predicted octanol–water partition coefficient (Wildman–Crippen LogP) is 6.34. The van der Waals surface area contributed by atoms with Gasteiger partial charge in [0.1, 0.15) is 12.3 Å². The van der Waals surface area contributed by atoms with Gasteiger partial charge in [-0.2, -0.15) is 0 Å². The Kier molecular flexibility index (Phi) is 9.77. The number of benzene rings is 4. The minimum atomic E-state index is -0.293. The third-order valence-corrected chi connectivity index (χ3v) is 7.22. The zero-order valence-electron chi connectivity index (χ0n) is 24.2. The minimum Gasteiger partial charge on any atom is -0.489 e. The van der Waals surface area contributed by atoms with Crippen LogP contribution in [0.1, 0.15) is 40.4 Å². The van der Waals surface area contributed by atoms with Crippen molar-refractivity contribution in [1.29, 1.82) is 0 Å². The largest absolute Gasteiger partial charge is 0.489 e. The number of pyridine rings is 1. The van der Waals surface area contributed by atoms with Gasteiger partial charge in [0.25, 0.3) is 5.91 Å². The maximum Gasteiger partial charge on any atom is 0.260 e. The highest BCUT2D eigenvalue weighted by molar-refractivity contribution is 6.16. The second kappa shape index (κ2) is 14.2. The number of carbonyl (C=O) groups is 2. The van der Waals surface area contributed by atoms with Crippen LogP contribution in [0.2, 0.25) is 0 Å². The van der Waals surface area contributed by atoms with Gasteiger partial charge in [-0.1, -0.05) is 104 Å². The molecule has 0 unspecified atom stereocenters. The Morgan fingerprint density at radius 1 is 0.814 bits per heavy atom. The summed E-state index contributed by atoms with van der Waals surface area (Å²) < 4.78 is 6.33. The Balaban J connectivity index is 1.45. The van der Waals surface area contributed by atoms with Gasteiger partial charge in [-0.3, -0.25) is 9.59 Å². The van der Waals surface area contributed by atoms with Crippen LogP contribution in [0.5, 0.6) is 5.75 Å². The fraction of sp³-hybridized carbons (Fsp3) is 0.194. The van der Waals surface area contributed by atoms with Gasteiger partial charge in [0.05, 0.1) is 30.7 Å². The molecule has 0 bridgehead atoms. The van der Waals surface area contributed by atoms with Crippen LogP contribution in [0.15, 0.2) is 103 Å². The van der Waals surface area contributed by atoms with E-state index in [0.29, 0.717) is 27.9 Å². The Hall–Kier alpha value is -5.01. The van der Waals surface area contributed by atoms with E-state index in [2.05, 4.69) is 17.6 Å². The SMILES string of the molecule is CCCc1ccccc1NC(=O)c1c(OCCNC(=O)Cc2ccccc2CO)c(-c2ccccc2)nc2ccccc12. The molecule has 3 N–H and O–H groups in total. The summed E-state index contributed by atoms with van der Waals surface area (Å²) in [7, 11) is 0. The average molecular weight is 574 g/mol. The number of rotatable bonds is 12. The van der Waals surface area contributed by atoms with Gasteiger partial charge in [0.2, 0.25) is 5.91 Å². The van der Waals surface area contributed by atoms with E-state index < -0.39 is 0 Å². The van der Waals surface area contributed by atoms with Crippen molar-refractivity contribution in [3.05, 3.63) is 125 Å². The highest BCUT2D eigenvalue weighted by Gasteiger charge is 2.24. The molecule has 43 heavy (non-hydrogen) atoms. The lowest BCUT2D eigenvalue weighted by Gasteiger charge is -2.19. The second-order valence-corrected chi connectivity index (χ2v) is 10.2. The van der Waals surface area contributed by atoms with Gasteiger partial charge in [0, 0.05) is 16.6 Å². The molecule has 0 fully saturated rings. The number of aliphatic hydroxyl groups excluding tert-OH is 1. The van der Waals surface area contributed by atoms with E-state index in [4.69, 9.17) is 9.72 Å². The van der Waals surface area contributed by atoms with E-state index in [-0.39, 0.29) is 38.0 Å². The monoisotopic (exact) mass is 573 g/mol. The van der Waals surface area contributed by atoms with E-state index in [1.54, 1.807) is 6.07 Å². The molecule has 0 saturated carbocycles. The first-order valence-corrected chi connectivity index (χ1v) is 14.5. The molecule has 5 rings (SSSR count). The number of amides is 2. The lowest BCUT2D eigenvalue weighted by Crippen LogP contribution is -2.30. The molecule has 218 valence electrons. The number of hydrogen-bond acceptors (Lipinski definition) is 5. The molecule has 2 amide bonds. The quantitative estimate of drug-likeness (QED) is 0.151. The standard InChI is InChI=1S/C36H35N3O4/c1-2-12-25-13-8-10-19-30(25)39-36(42)33-29-18-9-11-20-31(29)38-34(26-14-4-3-5-15-26)35(33)43-22-21-37-32(41)23-27-16-6-7-17-28(27)24-40/h3-11,13-20,40H,2,12,21-24H2,1H3,(H,37,41)(H,39,42). The normalized spacial score (nSPS) is 10.8. The molecule has 0 spiro atoms. The molecule has 0 aliphatic rings. The van der Waals surface area contributed by atoms with Gasteiger partial charge in [-0.15, -0.1) is 0 Å². The third-order valence-electron chi connectivity index (χ3n) is 7.22. The van der Waals surface area contributed by atoms with Crippen molar-refractivity contribution >= 4 is 28.4 Å². The Morgan fingerprint density at radius 2 is 1.49 bits per heavy atom. The fourth-order valence-corrected chi connectivity index (χ4v) is 5.13. The summed E-state index contributed by atoms with van der Waals surface area (Å²) >= 11 is 0. The zero-order chi connectivity index (χ0) is 30.0. The van der Waals surface area contributed by atoms with Crippen LogP contribution in [-0.2, 0) is 24.2 Å². The van der Waals surface area contributed by atoms with E-state index in [1.807, 2.05) is 97.1 Å². The number of fused-ring (bicyclic) bond motifs is 1. The summed E-state index contributed by atoms with van der Waals surface area (Å²) in [5.41, 5.74) is 5.75. The van der Waals surface area contributed by atoms with Crippen LogP contribution >= 0.6 is 0 Å². The highest BCUT2D eigenvalue weighted by Crippen LogP contribution is 2.37. The number of nitrogens with one attached hydrogen (secondary N) is 2. The number of hydrogen-bond donors (Lipinski definition) is 3. The van der Waals surface area contributed by atoms with Crippen molar-refractivity contribution in [3.8, 4) is 17.0 Å². The summed E-state index contributed by atoms with van der Waals surface area (Å²) in [5.74, 6) is -0.121. The number of anilines is 1. The molecule has 0 atom stereocenters. The summed E-state index contributed by atoms with van der Waals surface area (Å²) in [6.45, 7) is 2.33. The molecule has 1 heterocycles. The maximum absolute atomic E-state index is 14.1.